The van der Waals surface area contributed by atoms with Gasteiger partial charge in [0.15, 0.2) is 0 Å². The molecular weight excluding hydrogens is 246 g/mol. The fourth-order valence-corrected chi connectivity index (χ4v) is 3.38. The Morgan fingerprint density at radius 3 is 2.39 bits per heavy atom. The highest BCUT2D eigenvalue weighted by Gasteiger charge is 2.30. The lowest BCUT2D eigenvalue weighted by Crippen LogP contribution is -2.39. The molecule has 1 heterocycles. The Labute approximate surface area is 113 Å². The minimum absolute atomic E-state index is 0.371. The molecule has 3 nitrogen and oxygen atoms in total. The first-order valence-corrected chi connectivity index (χ1v) is 7.45. The van der Waals surface area contributed by atoms with Gasteiger partial charge in [0.25, 0.3) is 0 Å². The summed E-state index contributed by atoms with van der Waals surface area (Å²) in [7, 11) is 0. The van der Waals surface area contributed by atoms with E-state index < -0.39 is 5.60 Å². The number of benzene rings is 1. The second-order valence-electron chi connectivity index (χ2n) is 5.10. The molecule has 1 fully saturated rings. The van der Waals surface area contributed by atoms with Crippen molar-refractivity contribution in [3.63, 3.8) is 0 Å². The van der Waals surface area contributed by atoms with Crippen LogP contribution in [0.5, 0.6) is 5.75 Å². The van der Waals surface area contributed by atoms with E-state index in [0.29, 0.717) is 6.61 Å². The van der Waals surface area contributed by atoms with Crippen molar-refractivity contribution in [2.24, 2.45) is 0 Å². The number of nitrogens with two attached hydrogens (primary N) is 1. The molecule has 2 rings (SSSR count). The zero-order chi connectivity index (χ0) is 13.2. The lowest BCUT2D eigenvalue weighted by molar-refractivity contribution is -0.0115. The summed E-state index contributed by atoms with van der Waals surface area (Å²) in [5, 5.41) is 10.4. The summed E-state index contributed by atoms with van der Waals surface area (Å²) in [5.41, 5.74) is 8.11. The minimum atomic E-state index is -0.658. The molecule has 1 aromatic rings. The lowest BCUT2D eigenvalue weighted by atomic mass is 9.98. The van der Waals surface area contributed by atoms with Crippen LogP contribution in [-0.2, 0) is 0 Å². The lowest BCUT2D eigenvalue weighted by Gasteiger charge is -2.31. The average Bonchev–Trinajstić information content (AvgIpc) is 2.34. The van der Waals surface area contributed by atoms with Gasteiger partial charge in [-0.2, -0.15) is 11.8 Å². The SMILES string of the molecule is Cc1cc(OCC2(O)CCSCC2)cc(C)c1N. The summed E-state index contributed by atoms with van der Waals surface area (Å²) in [4.78, 5) is 0. The van der Waals surface area contributed by atoms with Gasteiger partial charge in [-0.05, 0) is 61.5 Å². The summed E-state index contributed by atoms with van der Waals surface area (Å²) in [5.74, 6) is 2.82. The highest BCUT2D eigenvalue weighted by molar-refractivity contribution is 7.99. The maximum absolute atomic E-state index is 10.4. The zero-order valence-corrected chi connectivity index (χ0v) is 11.8. The Bertz CT molecular complexity index is 405. The van der Waals surface area contributed by atoms with Crippen LogP contribution in [0.3, 0.4) is 0 Å². The number of aryl methyl sites for hydroxylation is 2. The number of rotatable bonds is 3. The van der Waals surface area contributed by atoms with E-state index in [9.17, 15) is 5.11 Å². The van der Waals surface area contributed by atoms with Crippen LogP contribution in [0.25, 0.3) is 0 Å². The maximum atomic E-state index is 10.4. The molecule has 0 radical (unpaired) electrons. The molecule has 3 N–H and O–H groups in total. The van der Waals surface area contributed by atoms with E-state index in [4.69, 9.17) is 10.5 Å². The maximum Gasteiger partial charge on any atom is 0.120 e. The third-order valence-corrected chi connectivity index (χ3v) is 4.48. The largest absolute Gasteiger partial charge is 0.491 e. The van der Waals surface area contributed by atoms with Gasteiger partial charge in [0.05, 0.1) is 0 Å². The van der Waals surface area contributed by atoms with Crippen LogP contribution < -0.4 is 10.5 Å². The molecule has 1 aliphatic heterocycles. The summed E-state index contributed by atoms with van der Waals surface area (Å²) in [6.45, 7) is 4.32. The van der Waals surface area contributed by atoms with Gasteiger partial charge >= 0.3 is 0 Å². The van der Waals surface area contributed by atoms with Crippen LogP contribution in [-0.4, -0.2) is 28.8 Å². The normalized spacial score (nSPS) is 18.6. The van der Waals surface area contributed by atoms with Crippen molar-refractivity contribution >= 4 is 17.4 Å². The molecule has 0 bridgehead atoms. The number of hydrogen-bond acceptors (Lipinski definition) is 4. The third kappa shape index (κ3) is 3.12. The fourth-order valence-electron chi connectivity index (χ4n) is 2.13. The monoisotopic (exact) mass is 267 g/mol. The molecule has 0 aromatic heterocycles. The summed E-state index contributed by atoms with van der Waals surface area (Å²) in [6.07, 6.45) is 1.62. The molecule has 1 saturated heterocycles. The van der Waals surface area contributed by atoms with E-state index in [1.54, 1.807) is 0 Å². The van der Waals surface area contributed by atoms with E-state index in [1.165, 1.54) is 0 Å². The van der Waals surface area contributed by atoms with Gasteiger partial charge in [0.2, 0.25) is 0 Å². The summed E-state index contributed by atoms with van der Waals surface area (Å²) in [6, 6.07) is 3.87. The number of hydrogen-bond donors (Lipinski definition) is 2. The number of thioether (sulfide) groups is 1. The summed E-state index contributed by atoms with van der Waals surface area (Å²) >= 11 is 1.89. The van der Waals surface area contributed by atoms with Gasteiger partial charge in [-0.25, -0.2) is 0 Å². The molecule has 1 aliphatic rings. The van der Waals surface area contributed by atoms with Crippen molar-refractivity contribution in [3.05, 3.63) is 23.3 Å². The molecule has 0 unspecified atom stereocenters. The predicted molar refractivity (Wildman–Crippen MR) is 77.3 cm³/mol. The van der Waals surface area contributed by atoms with E-state index in [2.05, 4.69) is 0 Å². The highest BCUT2D eigenvalue weighted by atomic mass is 32.2. The van der Waals surface area contributed by atoms with Crippen LogP contribution >= 0.6 is 11.8 Å². The second kappa shape index (κ2) is 5.41. The molecule has 0 saturated carbocycles. The molecule has 18 heavy (non-hydrogen) atoms. The quantitative estimate of drug-likeness (QED) is 0.826. The topological polar surface area (TPSA) is 55.5 Å². The van der Waals surface area contributed by atoms with Crippen molar-refractivity contribution in [1.82, 2.24) is 0 Å². The molecule has 4 heteroatoms. The van der Waals surface area contributed by atoms with Crippen molar-refractivity contribution in [2.75, 3.05) is 23.8 Å². The number of anilines is 1. The minimum Gasteiger partial charge on any atom is -0.491 e. The van der Waals surface area contributed by atoms with Gasteiger partial charge < -0.3 is 15.6 Å². The predicted octanol–water partition coefficient (Wildman–Crippen LogP) is 2.52. The highest BCUT2D eigenvalue weighted by Crippen LogP contribution is 2.29. The van der Waals surface area contributed by atoms with Gasteiger partial charge in [0, 0.05) is 5.69 Å². The number of aliphatic hydroxyl groups is 1. The van der Waals surface area contributed by atoms with Crippen molar-refractivity contribution in [1.29, 1.82) is 0 Å². The molecule has 0 aliphatic carbocycles. The van der Waals surface area contributed by atoms with Crippen LogP contribution in [0.2, 0.25) is 0 Å². The molecule has 1 aromatic carbocycles. The van der Waals surface area contributed by atoms with Crippen LogP contribution in [0, 0.1) is 13.8 Å². The van der Waals surface area contributed by atoms with Crippen LogP contribution in [0.15, 0.2) is 12.1 Å². The first-order chi connectivity index (χ1) is 8.50. The smallest absolute Gasteiger partial charge is 0.120 e. The van der Waals surface area contributed by atoms with Crippen molar-refractivity contribution in [2.45, 2.75) is 32.3 Å². The molecule has 100 valence electrons. The molecule has 0 spiro atoms. The van der Waals surface area contributed by atoms with Crippen LogP contribution in [0.1, 0.15) is 24.0 Å². The Balaban J connectivity index is 2.01. The molecule has 0 atom stereocenters. The van der Waals surface area contributed by atoms with Gasteiger partial charge in [-0.15, -0.1) is 0 Å². The number of ether oxygens (including phenoxy) is 1. The van der Waals surface area contributed by atoms with Crippen molar-refractivity contribution < 1.29 is 9.84 Å². The van der Waals surface area contributed by atoms with Gasteiger partial charge in [0.1, 0.15) is 18.0 Å². The molecule has 0 amide bonds. The van der Waals surface area contributed by atoms with E-state index in [-0.39, 0.29) is 0 Å². The van der Waals surface area contributed by atoms with E-state index >= 15 is 0 Å². The molecular formula is C14H21NO2S. The Hall–Kier alpha value is -0.870. The van der Waals surface area contributed by atoms with Gasteiger partial charge in [-0.1, -0.05) is 0 Å². The van der Waals surface area contributed by atoms with Crippen LogP contribution in [0.4, 0.5) is 5.69 Å². The fraction of sp³-hybridized carbons (Fsp3) is 0.571. The summed E-state index contributed by atoms with van der Waals surface area (Å²) < 4.78 is 5.75. The first kappa shape index (κ1) is 13.6. The van der Waals surface area contributed by atoms with E-state index in [0.717, 1.165) is 46.9 Å². The standard InChI is InChI=1S/C14H21NO2S/c1-10-7-12(8-11(2)13(10)15)17-9-14(16)3-5-18-6-4-14/h7-8,16H,3-6,9,15H2,1-2H3. The van der Waals surface area contributed by atoms with E-state index in [1.807, 2.05) is 37.7 Å². The number of nitrogen functional groups attached to an aromatic ring is 1. The van der Waals surface area contributed by atoms with Crippen molar-refractivity contribution in [3.8, 4) is 5.75 Å². The average molecular weight is 267 g/mol. The van der Waals surface area contributed by atoms with Gasteiger partial charge in [-0.3, -0.25) is 0 Å². The first-order valence-electron chi connectivity index (χ1n) is 6.30. The zero-order valence-electron chi connectivity index (χ0n) is 11.0. The Morgan fingerprint density at radius 2 is 1.83 bits per heavy atom. The third-order valence-electron chi connectivity index (χ3n) is 3.50. The Kier molecular flexibility index (Phi) is 4.07. The Morgan fingerprint density at radius 1 is 1.28 bits per heavy atom. The second-order valence-corrected chi connectivity index (χ2v) is 6.32.